The summed E-state index contributed by atoms with van der Waals surface area (Å²) < 4.78 is 2.10. The van der Waals surface area contributed by atoms with E-state index in [0.29, 0.717) is 0 Å². The van der Waals surface area contributed by atoms with Crippen molar-refractivity contribution in [2.24, 2.45) is 0 Å². The van der Waals surface area contributed by atoms with Crippen LogP contribution < -0.4 is 0 Å². The van der Waals surface area contributed by atoms with Crippen LogP contribution in [-0.4, -0.2) is 25.5 Å². The summed E-state index contributed by atoms with van der Waals surface area (Å²) in [6.07, 6.45) is 5.66. The maximum absolute atomic E-state index is 6.41. The van der Waals surface area contributed by atoms with Gasteiger partial charge in [0, 0.05) is 28.7 Å². The number of benzene rings is 2. The predicted molar refractivity (Wildman–Crippen MR) is 120 cm³/mol. The van der Waals surface area contributed by atoms with Crippen LogP contribution >= 0.6 is 23.4 Å². The highest BCUT2D eigenvalue weighted by molar-refractivity contribution is 7.99. The minimum atomic E-state index is 0.733. The minimum Gasteiger partial charge on any atom is -0.270 e. The molecule has 0 fully saturated rings. The second-order valence-corrected chi connectivity index (χ2v) is 8.17. The smallest absolute Gasteiger partial charge is 0.196 e. The first-order valence-corrected chi connectivity index (χ1v) is 10.9. The number of aromatic nitrogens is 4. The standard InChI is InChI=1S/C23H21ClN4S/c1-17-20(24)10-5-11-21(17)28-22(19-12-14-25-15-13-19)26-27-23(28)29-16-6-9-18-7-3-2-4-8-18/h2-5,7-8,10-15H,6,9,16H2,1H3. The molecular weight excluding hydrogens is 400 g/mol. The topological polar surface area (TPSA) is 43.6 Å². The average Bonchev–Trinajstić information content (AvgIpc) is 3.18. The van der Waals surface area contributed by atoms with Crippen LogP contribution in [0.2, 0.25) is 5.02 Å². The number of halogens is 1. The van der Waals surface area contributed by atoms with Crippen molar-refractivity contribution in [3.63, 3.8) is 0 Å². The van der Waals surface area contributed by atoms with E-state index in [9.17, 15) is 0 Å². The molecule has 2 heterocycles. The van der Waals surface area contributed by atoms with Crippen LogP contribution in [0, 0.1) is 6.92 Å². The van der Waals surface area contributed by atoms with Gasteiger partial charge in [-0.3, -0.25) is 9.55 Å². The zero-order chi connectivity index (χ0) is 20.1. The quantitative estimate of drug-likeness (QED) is 0.271. The molecule has 2 aromatic heterocycles. The fraction of sp³-hybridized carbons (Fsp3) is 0.174. The molecule has 0 bridgehead atoms. The van der Waals surface area contributed by atoms with Crippen LogP contribution in [0.3, 0.4) is 0 Å². The number of hydrogen-bond donors (Lipinski definition) is 0. The third-order valence-corrected chi connectivity index (χ3v) is 6.16. The third-order valence-electron chi connectivity index (χ3n) is 4.74. The first-order chi connectivity index (χ1) is 14.2. The number of nitrogens with zero attached hydrogens (tertiary/aromatic N) is 4. The second kappa shape index (κ2) is 9.25. The molecule has 0 aliphatic carbocycles. The summed E-state index contributed by atoms with van der Waals surface area (Å²) in [6, 6.07) is 20.4. The highest BCUT2D eigenvalue weighted by atomic mass is 35.5. The molecule has 29 heavy (non-hydrogen) atoms. The summed E-state index contributed by atoms with van der Waals surface area (Å²) in [5.41, 5.74) is 4.34. The van der Waals surface area contributed by atoms with E-state index >= 15 is 0 Å². The van der Waals surface area contributed by atoms with Crippen molar-refractivity contribution in [1.82, 2.24) is 19.7 Å². The molecule has 0 N–H and O–H groups in total. The Labute approximate surface area is 180 Å². The van der Waals surface area contributed by atoms with E-state index in [1.807, 2.05) is 31.2 Å². The van der Waals surface area contributed by atoms with E-state index in [4.69, 9.17) is 11.6 Å². The molecule has 4 aromatic rings. The Morgan fingerprint density at radius 2 is 1.72 bits per heavy atom. The molecule has 0 aliphatic rings. The number of aryl methyl sites for hydroxylation is 1. The summed E-state index contributed by atoms with van der Waals surface area (Å²) in [6.45, 7) is 2.03. The lowest BCUT2D eigenvalue weighted by Crippen LogP contribution is -2.03. The van der Waals surface area contributed by atoms with Crippen LogP contribution in [0.4, 0.5) is 0 Å². The summed E-state index contributed by atoms with van der Waals surface area (Å²) in [4.78, 5) is 4.12. The van der Waals surface area contributed by atoms with Gasteiger partial charge in [-0.05, 0) is 55.2 Å². The van der Waals surface area contributed by atoms with Crippen molar-refractivity contribution in [3.05, 3.63) is 89.2 Å². The van der Waals surface area contributed by atoms with Crippen LogP contribution in [0.15, 0.2) is 78.2 Å². The number of rotatable bonds is 7. The van der Waals surface area contributed by atoms with Crippen molar-refractivity contribution < 1.29 is 0 Å². The molecule has 0 saturated heterocycles. The molecular formula is C23H21ClN4S. The highest BCUT2D eigenvalue weighted by Gasteiger charge is 2.18. The van der Waals surface area contributed by atoms with Crippen LogP contribution in [-0.2, 0) is 6.42 Å². The fourth-order valence-corrected chi connectivity index (χ4v) is 4.24. The van der Waals surface area contributed by atoms with E-state index in [1.54, 1.807) is 24.2 Å². The zero-order valence-corrected chi connectivity index (χ0v) is 17.7. The van der Waals surface area contributed by atoms with E-state index in [2.05, 4.69) is 56.1 Å². The molecule has 0 saturated carbocycles. The van der Waals surface area contributed by atoms with Gasteiger partial charge < -0.3 is 0 Å². The zero-order valence-electron chi connectivity index (χ0n) is 16.1. The predicted octanol–water partition coefficient (Wildman–Crippen LogP) is 6.02. The minimum absolute atomic E-state index is 0.733. The van der Waals surface area contributed by atoms with E-state index in [0.717, 1.165) is 51.4 Å². The molecule has 0 radical (unpaired) electrons. The van der Waals surface area contributed by atoms with Gasteiger partial charge in [0.05, 0.1) is 5.69 Å². The monoisotopic (exact) mass is 420 g/mol. The van der Waals surface area contributed by atoms with Gasteiger partial charge >= 0.3 is 0 Å². The van der Waals surface area contributed by atoms with Gasteiger partial charge in [0.15, 0.2) is 11.0 Å². The Balaban J connectivity index is 1.62. The first-order valence-electron chi connectivity index (χ1n) is 9.52. The van der Waals surface area contributed by atoms with Crippen molar-refractivity contribution >= 4 is 23.4 Å². The van der Waals surface area contributed by atoms with Gasteiger partial charge in [-0.25, -0.2) is 0 Å². The van der Waals surface area contributed by atoms with Gasteiger partial charge in [-0.15, -0.1) is 10.2 Å². The van der Waals surface area contributed by atoms with Crippen molar-refractivity contribution in [1.29, 1.82) is 0 Å². The van der Waals surface area contributed by atoms with Gasteiger partial charge in [-0.2, -0.15) is 0 Å². The molecule has 4 rings (SSSR count). The van der Waals surface area contributed by atoms with Crippen LogP contribution in [0.1, 0.15) is 17.5 Å². The molecule has 0 aliphatic heterocycles. The molecule has 2 aromatic carbocycles. The summed E-state index contributed by atoms with van der Waals surface area (Å²) in [5, 5.41) is 10.6. The van der Waals surface area contributed by atoms with Gasteiger partial charge in [-0.1, -0.05) is 59.8 Å². The molecule has 0 atom stereocenters. The lowest BCUT2D eigenvalue weighted by atomic mass is 10.1. The van der Waals surface area contributed by atoms with Crippen molar-refractivity contribution in [2.45, 2.75) is 24.9 Å². The molecule has 4 nitrogen and oxygen atoms in total. The van der Waals surface area contributed by atoms with Crippen molar-refractivity contribution in [3.8, 4) is 17.1 Å². The number of hydrogen-bond acceptors (Lipinski definition) is 4. The van der Waals surface area contributed by atoms with E-state index in [-0.39, 0.29) is 0 Å². The lowest BCUT2D eigenvalue weighted by Gasteiger charge is -2.14. The average molecular weight is 421 g/mol. The summed E-state index contributed by atoms with van der Waals surface area (Å²) >= 11 is 8.13. The van der Waals surface area contributed by atoms with Crippen LogP contribution in [0.5, 0.6) is 0 Å². The summed E-state index contributed by atoms with van der Waals surface area (Å²) in [7, 11) is 0. The van der Waals surface area contributed by atoms with Gasteiger partial charge in [0.25, 0.3) is 0 Å². The number of thioether (sulfide) groups is 1. The number of pyridine rings is 1. The van der Waals surface area contributed by atoms with E-state index < -0.39 is 0 Å². The van der Waals surface area contributed by atoms with Crippen LogP contribution in [0.25, 0.3) is 17.1 Å². The normalized spacial score (nSPS) is 11.0. The first kappa shape index (κ1) is 19.7. The van der Waals surface area contributed by atoms with E-state index in [1.165, 1.54) is 5.56 Å². The summed E-state index contributed by atoms with van der Waals surface area (Å²) in [5.74, 6) is 1.76. The molecule has 6 heteroatoms. The second-order valence-electron chi connectivity index (χ2n) is 6.70. The fourth-order valence-electron chi connectivity index (χ4n) is 3.19. The molecule has 0 spiro atoms. The van der Waals surface area contributed by atoms with Crippen molar-refractivity contribution in [2.75, 3.05) is 5.75 Å². The molecule has 146 valence electrons. The lowest BCUT2D eigenvalue weighted by molar-refractivity contribution is 0.871. The third kappa shape index (κ3) is 4.52. The Hall–Kier alpha value is -2.63. The van der Waals surface area contributed by atoms with Gasteiger partial charge in [0.1, 0.15) is 0 Å². The Morgan fingerprint density at radius 1 is 0.931 bits per heavy atom. The highest BCUT2D eigenvalue weighted by Crippen LogP contribution is 2.31. The maximum atomic E-state index is 6.41. The Bertz CT molecular complexity index is 1080. The SMILES string of the molecule is Cc1c(Cl)cccc1-n1c(SCCCc2ccccc2)nnc1-c1ccncc1. The molecule has 0 unspecified atom stereocenters. The molecule has 0 amide bonds. The Kier molecular flexibility index (Phi) is 6.27. The largest absolute Gasteiger partial charge is 0.270 e. The maximum Gasteiger partial charge on any atom is 0.196 e. The van der Waals surface area contributed by atoms with Gasteiger partial charge in [0.2, 0.25) is 0 Å². The Morgan fingerprint density at radius 3 is 2.52 bits per heavy atom.